The lowest BCUT2D eigenvalue weighted by Gasteiger charge is -2.28. The lowest BCUT2D eigenvalue weighted by Crippen LogP contribution is -2.46. The second kappa shape index (κ2) is 7.56. The molecule has 1 aromatic heterocycles. The van der Waals surface area contributed by atoms with Crippen molar-refractivity contribution in [1.29, 1.82) is 0 Å². The van der Waals surface area contributed by atoms with Crippen LogP contribution in [0.15, 0.2) is 53.7 Å². The number of ether oxygens (including phenoxy) is 1. The Labute approximate surface area is 159 Å². The van der Waals surface area contributed by atoms with Gasteiger partial charge in [-0.15, -0.1) is 0 Å². The summed E-state index contributed by atoms with van der Waals surface area (Å²) in [6.45, 7) is 2.08. The number of aromatic nitrogens is 1. The van der Waals surface area contributed by atoms with Gasteiger partial charge in [-0.2, -0.15) is 0 Å². The summed E-state index contributed by atoms with van der Waals surface area (Å²) in [4.78, 5) is 10.8. The van der Waals surface area contributed by atoms with Gasteiger partial charge in [-0.05, 0) is 30.0 Å². The van der Waals surface area contributed by atoms with Gasteiger partial charge in [-0.1, -0.05) is 30.3 Å². The van der Waals surface area contributed by atoms with Crippen molar-refractivity contribution in [2.75, 3.05) is 26.7 Å². The van der Waals surface area contributed by atoms with Crippen molar-refractivity contribution in [2.24, 2.45) is 4.99 Å². The molecule has 0 saturated carbocycles. The van der Waals surface area contributed by atoms with Gasteiger partial charge in [-0.25, -0.2) is 4.98 Å². The molecule has 0 radical (unpaired) electrons. The van der Waals surface area contributed by atoms with E-state index in [1.807, 2.05) is 36.4 Å². The monoisotopic (exact) mass is 366 g/mol. The van der Waals surface area contributed by atoms with E-state index in [0.717, 1.165) is 43.9 Å². The molecule has 2 aromatic rings. The van der Waals surface area contributed by atoms with Crippen LogP contribution in [0.1, 0.15) is 24.0 Å². The smallest absolute Gasteiger partial charge is 0.213 e. The van der Waals surface area contributed by atoms with Gasteiger partial charge in [-0.3, -0.25) is 4.99 Å². The van der Waals surface area contributed by atoms with Crippen LogP contribution in [0.5, 0.6) is 5.88 Å². The van der Waals surface area contributed by atoms with Crippen LogP contribution in [0.4, 0.5) is 0 Å². The zero-order valence-electron chi connectivity index (χ0n) is 15.6. The quantitative estimate of drug-likeness (QED) is 0.639. The second-order valence-electron chi connectivity index (χ2n) is 7.23. The highest BCUT2D eigenvalue weighted by Crippen LogP contribution is 2.36. The first-order valence-corrected chi connectivity index (χ1v) is 9.52. The van der Waals surface area contributed by atoms with Gasteiger partial charge in [0.05, 0.1) is 13.1 Å². The minimum Gasteiger partial charge on any atom is -0.472 e. The summed E-state index contributed by atoms with van der Waals surface area (Å²) in [7, 11) is 1.78. The van der Waals surface area contributed by atoms with Crippen molar-refractivity contribution >= 4 is 5.96 Å². The lowest BCUT2D eigenvalue weighted by molar-refractivity contribution is 0.0426. The van der Waals surface area contributed by atoms with Crippen LogP contribution in [0, 0.1) is 0 Å². The van der Waals surface area contributed by atoms with Crippen LogP contribution in [0.2, 0.25) is 0 Å². The highest BCUT2D eigenvalue weighted by Gasteiger charge is 2.37. The zero-order valence-corrected chi connectivity index (χ0v) is 15.6. The van der Waals surface area contributed by atoms with Crippen LogP contribution in [-0.2, 0) is 12.0 Å². The third kappa shape index (κ3) is 3.76. The van der Waals surface area contributed by atoms with E-state index in [2.05, 4.69) is 26.3 Å². The normalized spacial score (nSPS) is 24.7. The summed E-state index contributed by atoms with van der Waals surface area (Å²) < 4.78 is 5.96. The number of benzene rings is 1. The molecule has 1 fully saturated rings. The van der Waals surface area contributed by atoms with Gasteiger partial charge < -0.3 is 20.1 Å². The first-order chi connectivity index (χ1) is 13.2. The summed E-state index contributed by atoms with van der Waals surface area (Å²) in [6.07, 6.45) is 4.40. The van der Waals surface area contributed by atoms with Gasteiger partial charge in [0.2, 0.25) is 5.88 Å². The SMILES string of the molecule is CN=C(NCC1(O)CCc2ccccc21)N1CCC(Oc2ccccn2)C1. The molecule has 6 heteroatoms. The molecule has 1 aromatic carbocycles. The Morgan fingerprint density at radius 3 is 3.00 bits per heavy atom. The summed E-state index contributed by atoms with van der Waals surface area (Å²) in [5.74, 6) is 1.46. The summed E-state index contributed by atoms with van der Waals surface area (Å²) in [6, 6.07) is 13.8. The molecule has 2 unspecified atom stereocenters. The first kappa shape index (κ1) is 17.8. The topological polar surface area (TPSA) is 70.0 Å². The highest BCUT2D eigenvalue weighted by molar-refractivity contribution is 5.80. The molecule has 6 nitrogen and oxygen atoms in total. The van der Waals surface area contributed by atoms with E-state index in [4.69, 9.17) is 4.74 Å². The van der Waals surface area contributed by atoms with Crippen LogP contribution >= 0.6 is 0 Å². The fourth-order valence-corrected chi connectivity index (χ4v) is 4.01. The maximum atomic E-state index is 11.1. The van der Waals surface area contributed by atoms with Crippen molar-refractivity contribution in [3.05, 3.63) is 59.8 Å². The van der Waals surface area contributed by atoms with E-state index in [9.17, 15) is 5.11 Å². The van der Waals surface area contributed by atoms with Gasteiger partial charge in [0.25, 0.3) is 0 Å². The number of fused-ring (bicyclic) bond motifs is 1. The average molecular weight is 366 g/mol. The molecule has 1 aliphatic carbocycles. The largest absolute Gasteiger partial charge is 0.472 e. The minimum atomic E-state index is -0.837. The van der Waals surface area contributed by atoms with Gasteiger partial charge in [0.1, 0.15) is 11.7 Å². The Bertz CT molecular complexity index is 811. The van der Waals surface area contributed by atoms with E-state index in [0.29, 0.717) is 12.4 Å². The Kier molecular flexibility index (Phi) is 4.99. The van der Waals surface area contributed by atoms with Gasteiger partial charge in [0, 0.05) is 32.3 Å². The van der Waals surface area contributed by atoms with Crippen molar-refractivity contribution < 1.29 is 9.84 Å². The molecule has 27 heavy (non-hydrogen) atoms. The van der Waals surface area contributed by atoms with E-state index < -0.39 is 5.60 Å². The molecule has 2 N–H and O–H groups in total. The Balaban J connectivity index is 1.35. The predicted molar refractivity (Wildman–Crippen MR) is 105 cm³/mol. The number of rotatable bonds is 4. The van der Waals surface area contributed by atoms with Crippen molar-refractivity contribution in [2.45, 2.75) is 31.0 Å². The fraction of sp³-hybridized carbons (Fsp3) is 0.429. The molecule has 4 rings (SSSR count). The van der Waals surface area contributed by atoms with E-state index in [1.165, 1.54) is 5.56 Å². The molecule has 2 aliphatic rings. The molecule has 0 amide bonds. The molecule has 142 valence electrons. The van der Waals surface area contributed by atoms with Crippen LogP contribution in [-0.4, -0.2) is 53.7 Å². The summed E-state index contributed by atoms with van der Waals surface area (Å²) in [5.41, 5.74) is 1.43. The third-order valence-corrected chi connectivity index (χ3v) is 5.45. The Morgan fingerprint density at radius 2 is 2.19 bits per heavy atom. The molecular formula is C21H26N4O2. The van der Waals surface area contributed by atoms with Gasteiger partial charge >= 0.3 is 0 Å². The van der Waals surface area contributed by atoms with Crippen LogP contribution < -0.4 is 10.1 Å². The lowest BCUT2D eigenvalue weighted by atomic mass is 9.96. The van der Waals surface area contributed by atoms with E-state index in [-0.39, 0.29) is 6.10 Å². The van der Waals surface area contributed by atoms with Crippen molar-refractivity contribution in [1.82, 2.24) is 15.2 Å². The number of nitrogens with one attached hydrogen (secondary N) is 1. The summed E-state index contributed by atoms with van der Waals surface area (Å²) in [5, 5.41) is 14.5. The molecular weight excluding hydrogens is 340 g/mol. The number of guanidine groups is 1. The molecule has 2 atom stereocenters. The van der Waals surface area contributed by atoms with E-state index >= 15 is 0 Å². The number of hydrogen-bond donors (Lipinski definition) is 2. The van der Waals surface area contributed by atoms with Gasteiger partial charge in [0.15, 0.2) is 5.96 Å². The number of pyridine rings is 1. The number of aryl methyl sites for hydroxylation is 1. The van der Waals surface area contributed by atoms with E-state index in [1.54, 1.807) is 13.2 Å². The average Bonchev–Trinajstić information content (AvgIpc) is 3.29. The maximum Gasteiger partial charge on any atom is 0.213 e. The van der Waals surface area contributed by atoms with Crippen LogP contribution in [0.3, 0.4) is 0 Å². The molecule has 0 bridgehead atoms. The zero-order chi connectivity index (χ0) is 18.7. The third-order valence-electron chi connectivity index (χ3n) is 5.45. The second-order valence-corrected chi connectivity index (χ2v) is 7.23. The van der Waals surface area contributed by atoms with Crippen molar-refractivity contribution in [3.63, 3.8) is 0 Å². The molecule has 2 heterocycles. The molecule has 1 saturated heterocycles. The Morgan fingerprint density at radius 1 is 1.33 bits per heavy atom. The number of aliphatic imine (C=N–C) groups is 1. The predicted octanol–water partition coefficient (Wildman–Crippen LogP) is 1.94. The number of likely N-dealkylation sites (tertiary alicyclic amines) is 1. The van der Waals surface area contributed by atoms with Crippen LogP contribution in [0.25, 0.3) is 0 Å². The minimum absolute atomic E-state index is 0.0914. The standard InChI is InChI=1S/C21H26N4O2/c1-22-20(24-15-21(26)11-9-16-6-2-3-7-18(16)21)25-13-10-17(14-25)27-19-8-4-5-12-23-19/h2-8,12,17,26H,9-11,13-15H2,1H3,(H,22,24). The molecule has 0 spiro atoms. The van der Waals surface area contributed by atoms with Crippen molar-refractivity contribution in [3.8, 4) is 5.88 Å². The highest BCUT2D eigenvalue weighted by atomic mass is 16.5. The number of nitrogens with zero attached hydrogens (tertiary/aromatic N) is 3. The maximum absolute atomic E-state index is 11.1. The number of hydrogen-bond acceptors (Lipinski definition) is 4. The molecule has 1 aliphatic heterocycles. The summed E-state index contributed by atoms with van der Waals surface area (Å²) >= 11 is 0. The first-order valence-electron chi connectivity index (χ1n) is 9.52. The number of aliphatic hydroxyl groups is 1. The fourth-order valence-electron chi connectivity index (χ4n) is 4.01. The Hall–Kier alpha value is -2.60.